The van der Waals surface area contributed by atoms with Crippen LogP contribution in [0.15, 0.2) is 24.3 Å². The normalized spacial score (nSPS) is 10.9. The number of halogens is 1. The fourth-order valence-corrected chi connectivity index (χ4v) is 2.10. The van der Waals surface area contributed by atoms with E-state index >= 15 is 0 Å². The molecule has 118 valence electrons. The van der Waals surface area contributed by atoms with Crippen LogP contribution < -0.4 is 5.32 Å². The van der Waals surface area contributed by atoms with Crippen LogP contribution in [0.2, 0.25) is 0 Å². The van der Waals surface area contributed by atoms with Crippen molar-refractivity contribution in [1.82, 2.24) is 4.90 Å². The number of aliphatic hydroxyl groups excluding tert-OH is 1. The Kier molecular flexibility index (Phi) is 8.62. The van der Waals surface area contributed by atoms with Crippen molar-refractivity contribution in [3.63, 3.8) is 0 Å². The van der Waals surface area contributed by atoms with Crippen LogP contribution >= 0.6 is 0 Å². The predicted octanol–water partition coefficient (Wildman–Crippen LogP) is 2.64. The lowest BCUT2D eigenvalue weighted by molar-refractivity contribution is -0.116. The Bertz CT molecular complexity index is 426. The van der Waals surface area contributed by atoms with Crippen molar-refractivity contribution in [2.45, 2.75) is 32.6 Å². The van der Waals surface area contributed by atoms with E-state index in [0.29, 0.717) is 19.5 Å². The van der Waals surface area contributed by atoms with Crippen molar-refractivity contribution >= 4 is 11.6 Å². The molecule has 1 amide bonds. The number of amides is 1. The van der Waals surface area contributed by atoms with E-state index in [0.717, 1.165) is 25.8 Å². The van der Waals surface area contributed by atoms with Crippen molar-refractivity contribution in [2.75, 3.05) is 31.6 Å². The van der Waals surface area contributed by atoms with Gasteiger partial charge in [-0.3, -0.25) is 4.79 Å². The third-order valence-corrected chi connectivity index (χ3v) is 3.30. The highest BCUT2D eigenvalue weighted by molar-refractivity contribution is 5.90. The number of rotatable bonds is 10. The maximum Gasteiger partial charge on any atom is 0.225 e. The highest BCUT2D eigenvalue weighted by Gasteiger charge is 2.09. The molecule has 0 bridgehead atoms. The molecular formula is C16H25FN2O2. The van der Waals surface area contributed by atoms with Crippen molar-refractivity contribution in [3.8, 4) is 0 Å². The molecule has 4 nitrogen and oxygen atoms in total. The first kappa shape index (κ1) is 17.6. The van der Waals surface area contributed by atoms with Gasteiger partial charge < -0.3 is 15.3 Å². The average molecular weight is 296 g/mol. The molecular weight excluding hydrogens is 271 g/mol. The molecule has 1 aromatic carbocycles. The van der Waals surface area contributed by atoms with E-state index in [9.17, 15) is 9.18 Å². The number of unbranched alkanes of at least 4 members (excludes halogenated alkanes) is 2. The summed E-state index contributed by atoms with van der Waals surface area (Å²) in [7, 11) is 0. The Balaban J connectivity index is 2.37. The number of anilines is 1. The summed E-state index contributed by atoms with van der Waals surface area (Å²) in [5.41, 5.74) is 0.210. The van der Waals surface area contributed by atoms with Crippen LogP contribution in [0.3, 0.4) is 0 Å². The summed E-state index contributed by atoms with van der Waals surface area (Å²) < 4.78 is 13.4. The van der Waals surface area contributed by atoms with E-state index in [1.807, 2.05) is 0 Å². The molecule has 0 saturated heterocycles. The van der Waals surface area contributed by atoms with Crippen LogP contribution in [0.4, 0.5) is 10.1 Å². The molecule has 0 aliphatic rings. The van der Waals surface area contributed by atoms with E-state index in [2.05, 4.69) is 17.1 Å². The zero-order valence-electron chi connectivity index (χ0n) is 12.6. The van der Waals surface area contributed by atoms with Crippen LogP contribution in [0.5, 0.6) is 0 Å². The Hall–Kier alpha value is -1.46. The third-order valence-electron chi connectivity index (χ3n) is 3.30. The first-order chi connectivity index (χ1) is 10.2. The molecule has 0 fully saturated rings. The van der Waals surface area contributed by atoms with E-state index in [-0.39, 0.29) is 18.2 Å². The lowest BCUT2D eigenvalue weighted by Gasteiger charge is -2.20. The van der Waals surface area contributed by atoms with Crippen LogP contribution in [-0.4, -0.2) is 42.2 Å². The molecule has 1 aromatic rings. The molecule has 0 saturated carbocycles. The van der Waals surface area contributed by atoms with E-state index < -0.39 is 5.82 Å². The number of para-hydroxylation sites is 1. The lowest BCUT2D eigenvalue weighted by atomic mass is 10.2. The largest absolute Gasteiger partial charge is 0.395 e. The van der Waals surface area contributed by atoms with Gasteiger partial charge in [0.25, 0.3) is 0 Å². The Morgan fingerprint density at radius 2 is 2.00 bits per heavy atom. The SMILES string of the molecule is CCCCCN(CCO)CCC(=O)Nc1ccccc1F. The quantitative estimate of drug-likeness (QED) is 0.653. The second-order valence-corrected chi connectivity index (χ2v) is 5.05. The Morgan fingerprint density at radius 3 is 2.67 bits per heavy atom. The molecule has 0 unspecified atom stereocenters. The van der Waals surface area contributed by atoms with E-state index in [4.69, 9.17) is 5.11 Å². The summed E-state index contributed by atoms with van der Waals surface area (Å²) in [4.78, 5) is 13.9. The first-order valence-corrected chi connectivity index (χ1v) is 7.55. The minimum absolute atomic E-state index is 0.0844. The highest BCUT2D eigenvalue weighted by Crippen LogP contribution is 2.12. The topological polar surface area (TPSA) is 52.6 Å². The van der Waals surface area contributed by atoms with Gasteiger partial charge in [-0.2, -0.15) is 0 Å². The zero-order chi connectivity index (χ0) is 15.5. The fourth-order valence-electron chi connectivity index (χ4n) is 2.10. The number of hydrogen-bond donors (Lipinski definition) is 2. The second kappa shape index (κ2) is 10.3. The van der Waals surface area contributed by atoms with Gasteiger partial charge >= 0.3 is 0 Å². The molecule has 5 heteroatoms. The van der Waals surface area contributed by atoms with Gasteiger partial charge in [0.1, 0.15) is 5.82 Å². The predicted molar refractivity (Wildman–Crippen MR) is 82.7 cm³/mol. The summed E-state index contributed by atoms with van der Waals surface area (Å²) >= 11 is 0. The Morgan fingerprint density at radius 1 is 1.24 bits per heavy atom. The van der Waals surface area contributed by atoms with Crippen molar-refractivity contribution in [2.24, 2.45) is 0 Å². The number of carbonyl (C=O) groups is 1. The fraction of sp³-hybridized carbons (Fsp3) is 0.562. The van der Waals surface area contributed by atoms with Gasteiger partial charge in [-0.1, -0.05) is 31.9 Å². The summed E-state index contributed by atoms with van der Waals surface area (Å²) in [6.07, 6.45) is 3.63. The molecule has 0 radical (unpaired) electrons. The second-order valence-electron chi connectivity index (χ2n) is 5.05. The van der Waals surface area contributed by atoms with Crippen molar-refractivity contribution in [3.05, 3.63) is 30.1 Å². The summed E-state index contributed by atoms with van der Waals surface area (Å²) in [6.45, 7) is 4.24. The molecule has 21 heavy (non-hydrogen) atoms. The monoisotopic (exact) mass is 296 g/mol. The Labute approximate surface area is 126 Å². The molecule has 1 rings (SSSR count). The molecule has 0 aliphatic carbocycles. The van der Waals surface area contributed by atoms with Crippen LogP contribution in [0.1, 0.15) is 32.6 Å². The maximum absolute atomic E-state index is 13.4. The number of carbonyl (C=O) groups excluding carboxylic acids is 1. The summed E-state index contributed by atoms with van der Waals surface area (Å²) in [5.74, 6) is -0.639. The number of nitrogens with one attached hydrogen (secondary N) is 1. The van der Waals surface area contributed by atoms with E-state index in [1.54, 1.807) is 18.2 Å². The minimum Gasteiger partial charge on any atom is -0.395 e. The molecule has 0 spiro atoms. The standard InChI is InChI=1S/C16H25FN2O2/c1-2-3-6-10-19(12-13-20)11-9-16(21)18-15-8-5-4-7-14(15)17/h4-5,7-8,20H,2-3,6,9-13H2,1H3,(H,18,21). The first-order valence-electron chi connectivity index (χ1n) is 7.55. The number of benzene rings is 1. The maximum atomic E-state index is 13.4. The molecule has 0 aliphatic heterocycles. The molecule has 2 N–H and O–H groups in total. The van der Waals surface area contributed by atoms with Gasteiger partial charge in [0.05, 0.1) is 12.3 Å². The van der Waals surface area contributed by atoms with Gasteiger partial charge in [0.15, 0.2) is 0 Å². The van der Waals surface area contributed by atoms with E-state index in [1.165, 1.54) is 6.07 Å². The molecule has 0 aromatic heterocycles. The lowest BCUT2D eigenvalue weighted by Crippen LogP contribution is -2.31. The van der Waals surface area contributed by atoms with Crippen LogP contribution in [-0.2, 0) is 4.79 Å². The third kappa shape index (κ3) is 7.20. The van der Waals surface area contributed by atoms with Gasteiger partial charge in [0.2, 0.25) is 5.91 Å². The number of aliphatic hydroxyl groups is 1. The molecule has 0 heterocycles. The molecule has 0 atom stereocenters. The van der Waals surface area contributed by atoms with Gasteiger partial charge in [-0.05, 0) is 25.1 Å². The minimum atomic E-state index is -0.430. The van der Waals surface area contributed by atoms with Crippen molar-refractivity contribution < 1.29 is 14.3 Å². The van der Waals surface area contributed by atoms with Crippen LogP contribution in [0, 0.1) is 5.82 Å². The average Bonchev–Trinajstić information content (AvgIpc) is 2.47. The summed E-state index contributed by atoms with van der Waals surface area (Å²) in [6, 6.07) is 6.13. The number of hydrogen-bond acceptors (Lipinski definition) is 3. The smallest absolute Gasteiger partial charge is 0.225 e. The zero-order valence-corrected chi connectivity index (χ0v) is 12.6. The van der Waals surface area contributed by atoms with Gasteiger partial charge in [0, 0.05) is 19.5 Å². The highest BCUT2D eigenvalue weighted by atomic mass is 19.1. The summed E-state index contributed by atoms with van der Waals surface area (Å²) in [5, 5.41) is 11.6. The van der Waals surface area contributed by atoms with Crippen LogP contribution in [0.25, 0.3) is 0 Å². The van der Waals surface area contributed by atoms with Gasteiger partial charge in [-0.15, -0.1) is 0 Å². The number of nitrogens with zero attached hydrogens (tertiary/aromatic N) is 1. The van der Waals surface area contributed by atoms with Gasteiger partial charge in [-0.25, -0.2) is 4.39 Å². The van der Waals surface area contributed by atoms with Crippen molar-refractivity contribution in [1.29, 1.82) is 0 Å².